The number of fused-ring (bicyclic) bond motifs is 5. The number of nitriles is 1. The quantitative estimate of drug-likeness (QED) is 0.884. The number of anilines is 1. The van der Waals surface area contributed by atoms with Gasteiger partial charge in [0.1, 0.15) is 6.67 Å². The van der Waals surface area contributed by atoms with Gasteiger partial charge < -0.3 is 5.11 Å². The normalized spacial score (nSPS) is 39.0. The van der Waals surface area contributed by atoms with Crippen molar-refractivity contribution in [2.24, 2.45) is 17.8 Å². The van der Waals surface area contributed by atoms with Crippen LogP contribution in [0.3, 0.4) is 0 Å². The molecule has 4 rings (SSSR count). The highest BCUT2D eigenvalue weighted by Gasteiger charge is 2.70. The Hall–Kier alpha value is -1.65. The maximum absolute atomic E-state index is 13.2. The molecule has 1 aliphatic heterocycles. The van der Waals surface area contributed by atoms with E-state index in [1.807, 2.05) is 6.07 Å². The molecule has 3 aliphatic rings. The van der Waals surface area contributed by atoms with Crippen LogP contribution in [0.25, 0.3) is 0 Å². The lowest BCUT2D eigenvalue weighted by Crippen LogP contribution is -2.49. The molecular formula is C17H19FN2O3S. The summed E-state index contributed by atoms with van der Waals surface area (Å²) in [7, 11) is -3.66. The van der Waals surface area contributed by atoms with Gasteiger partial charge in [-0.1, -0.05) is 0 Å². The van der Waals surface area contributed by atoms with E-state index in [-0.39, 0.29) is 28.9 Å². The van der Waals surface area contributed by atoms with E-state index in [1.54, 1.807) is 13.0 Å². The molecule has 5 nitrogen and oxygen atoms in total. The van der Waals surface area contributed by atoms with Crippen LogP contribution >= 0.6 is 0 Å². The Labute approximate surface area is 140 Å². The van der Waals surface area contributed by atoms with Gasteiger partial charge in [-0.25, -0.2) is 12.8 Å². The molecule has 1 aromatic carbocycles. The zero-order chi connectivity index (χ0) is 17.3. The van der Waals surface area contributed by atoms with E-state index >= 15 is 0 Å². The smallest absolute Gasteiger partial charge is 0.241 e. The minimum absolute atomic E-state index is 0.0135. The molecule has 128 valence electrons. The van der Waals surface area contributed by atoms with Crippen molar-refractivity contribution in [2.45, 2.75) is 37.3 Å². The first-order valence-corrected chi connectivity index (χ1v) is 9.58. The first-order valence-electron chi connectivity index (χ1n) is 8.14. The van der Waals surface area contributed by atoms with Gasteiger partial charge >= 0.3 is 0 Å². The Bertz CT molecular complexity index is 850. The third-order valence-electron chi connectivity index (χ3n) is 6.46. The highest BCUT2D eigenvalue weighted by molar-refractivity contribution is 7.94. The summed E-state index contributed by atoms with van der Waals surface area (Å²) in [4.78, 5) is 0. The molecule has 1 aromatic rings. The van der Waals surface area contributed by atoms with E-state index < -0.39 is 27.5 Å². The summed E-state index contributed by atoms with van der Waals surface area (Å²) < 4.78 is 40.1. The number of sulfonamides is 1. The van der Waals surface area contributed by atoms with Gasteiger partial charge in [0.05, 0.1) is 28.2 Å². The van der Waals surface area contributed by atoms with Crippen LogP contribution in [-0.4, -0.2) is 30.9 Å². The minimum atomic E-state index is -3.66. The number of alkyl halides is 1. The van der Waals surface area contributed by atoms with Crippen LogP contribution in [0.5, 0.6) is 0 Å². The van der Waals surface area contributed by atoms with Gasteiger partial charge in [0.2, 0.25) is 10.0 Å². The summed E-state index contributed by atoms with van der Waals surface area (Å²) >= 11 is 0. The number of nitrogens with zero attached hydrogens (tertiary/aromatic N) is 2. The minimum Gasteiger partial charge on any atom is -0.393 e. The Morgan fingerprint density at radius 3 is 2.83 bits per heavy atom. The number of hydrogen-bond acceptors (Lipinski definition) is 4. The van der Waals surface area contributed by atoms with E-state index in [1.165, 1.54) is 16.4 Å². The highest BCUT2D eigenvalue weighted by atomic mass is 32.2. The van der Waals surface area contributed by atoms with E-state index in [2.05, 4.69) is 0 Å². The van der Waals surface area contributed by atoms with Crippen molar-refractivity contribution >= 4 is 15.7 Å². The van der Waals surface area contributed by atoms with E-state index in [0.29, 0.717) is 18.7 Å². The molecule has 0 unspecified atom stereocenters. The molecule has 5 atom stereocenters. The van der Waals surface area contributed by atoms with E-state index in [9.17, 15) is 17.9 Å². The molecule has 0 aromatic heterocycles. The number of halogens is 1. The second kappa shape index (κ2) is 4.93. The third kappa shape index (κ3) is 1.73. The number of benzene rings is 1. The monoisotopic (exact) mass is 350 g/mol. The summed E-state index contributed by atoms with van der Waals surface area (Å²) in [6.07, 6.45) is 0.865. The molecule has 3 fully saturated rings. The standard InChI is InChI=1S/C17H19FN2O3S/c1-17-14-5-11(6-16(14)21)15(17)9-20(24(17,22)23)13-3-2-10(8-19)12(4-13)7-18/h2-4,11,14-16,21H,5-7,9H2,1H3/t11-,14+,15+,16+,17-/m1/s1. The molecule has 24 heavy (non-hydrogen) atoms. The third-order valence-corrected chi connectivity index (χ3v) is 9.11. The van der Waals surface area contributed by atoms with Crippen LogP contribution in [0.15, 0.2) is 18.2 Å². The second-order valence-electron chi connectivity index (χ2n) is 7.32. The molecule has 7 heteroatoms. The van der Waals surface area contributed by atoms with E-state index in [0.717, 1.165) is 6.42 Å². The maximum atomic E-state index is 13.2. The average Bonchev–Trinajstić information content (AvgIpc) is 3.14. The summed E-state index contributed by atoms with van der Waals surface area (Å²) in [6.45, 7) is 1.30. The largest absolute Gasteiger partial charge is 0.393 e. The average molecular weight is 350 g/mol. The summed E-state index contributed by atoms with van der Waals surface area (Å²) in [5.74, 6) is -0.0318. The van der Waals surface area contributed by atoms with Gasteiger partial charge in [-0.2, -0.15) is 5.26 Å². The Balaban J connectivity index is 1.79. The number of aliphatic hydroxyl groups is 1. The molecule has 2 saturated carbocycles. The number of rotatable bonds is 2. The van der Waals surface area contributed by atoms with Gasteiger partial charge in [-0.3, -0.25) is 4.31 Å². The lowest BCUT2D eigenvalue weighted by atomic mass is 9.78. The maximum Gasteiger partial charge on any atom is 0.241 e. The predicted molar refractivity (Wildman–Crippen MR) is 86.4 cm³/mol. The van der Waals surface area contributed by atoms with Crippen LogP contribution in [0.2, 0.25) is 0 Å². The molecule has 2 aliphatic carbocycles. The highest BCUT2D eigenvalue weighted by Crippen LogP contribution is 2.62. The zero-order valence-corrected chi connectivity index (χ0v) is 14.1. The van der Waals surface area contributed by atoms with Gasteiger partial charge in [-0.15, -0.1) is 0 Å². The van der Waals surface area contributed by atoms with Gasteiger partial charge in [0, 0.05) is 23.9 Å². The number of hydrogen-bond donors (Lipinski definition) is 1. The van der Waals surface area contributed by atoms with Crippen molar-refractivity contribution in [1.82, 2.24) is 0 Å². The second-order valence-corrected chi connectivity index (χ2v) is 9.59. The van der Waals surface area contributed by atoms with Crippen molar-refractivity contribution < 1.29 is 17.9 Å². The SMILES string of the molecule is C[C@@]12[C@@H](CN(c3ccc(C#N)c(CF)c3)S1(=O)=O)[C@H]1C[C@H](O)[C@@H]2C1. The fourth-order valence-electron chi connectivity index (χ4n) is 5.17. The zero-order valence-electron chi connectivity index (χ0n) is 13.3. The molecule has 1 heterocycles. The predicted octanol–water partition coefficient (Wildman–Crippen LogP) is 1.95. The molecule has 0 radical (unpaired) electrons. The molecule has 1 saturated heterocycles. The first kappa shape index (κ1) is 15.9. The lowest BCUT2D eigenvalue weighted by molar-refractivity contribution is 0.0771. The van der Waals surface area contributed by atoms with Crippen molar-refractivity contribution in [2.75, 3.05) is 10.8 Å². The fraction of sp³-hybridized carbons (Fsp3) is 0.588. The van der Waals surface area contributed by atoms with Crippen LogP contribution in [0.4, 0.5) is 10.1 Å². The Kier molecular flexibility index (Phi) is 3.26. The van der Waals surface area contributed by atoms with Crippen LogP contribution in [-0.2, 0) is 16.7 Å². The van der Waals surface area contributed by atoms with Crippen molar-refractivity contribution in [3.8, 4) is 6.07 Å². The summed E-state index contributed by atoms with van der Waals surface area (Å²) in [5.41, 5.74) is 0.835. The molecular weight excluding hydrogens is 331 g/mol. The Morgan fingerprint density at radius 1 is 1.42 bits per heavy atom. The van der Waals surface area contributed by atoms with E-state index in [4.69, 9.17) is 5.26 Å². The van der Waals surface area contributed by atoms with Crippen LogP contribution in [0, 0.1) is 29.1 Å². The van der Waals surface area contributed by atoms with Crippen molar-refractivity contribution in [1.29, 1.82) is 5.26 Å². The van der Waals surface area contributed by atoms with Crippen molar-refractivity contribution in [3.63, 3.8) is 0 Å². The van der Waals surface area contributed by atoms with Crippen LogP contribution < -0.4 is 4.31 Å². The molecule has 1 N–H and O–H groups in total. The van der Waals surface area contributed by atoms with Gasteiger partial charge in [-0.05, 0) is 43.9 Å². The Morgan fingerprint density at radius 2 is 2.17 bits per heavy atom. The number of aliphatic hydroxyl groups excluding tert-OH is 1. The molecule has 2 bridgehead atoms. The van der Waals surface area contributed by atoms with Gasteiger partial charge in [0.25, 0.3) is 0 Å². The topological polar surface area (TPSA) is 81.4 Å². The molecule has 0 spiro atoms. The fourth-order valence-corrected chi connectivity index (χ4v) is 7.68. The molecule has 0 amide bonds. The van der Waals surface area contributed by atoms with Crippen LogP contribution in [0.1, 0.15) is 30.9 Å². The summed E-state index contributed by atoms with van der Waals surface area (Å²) in [5, 5.41) is 19.2. The summed E-state index contributed by atoms with van der Waals surface area (Å²) in [6, 6.07) is 6.42. The van der Waals surface area contributed by atoms with Gasteiger partial charge in [0.15, 0.2) is 0 Å². The lowest BCUT2D eigenvalue weighted by Gasteiger charge is -2.36. The first-order chi connectivity index (χ1) is 11.3. The van der Waals surface area contributed by atoms with Crippen molar-refractivity contribution in [3.05, 3.63) is 29.3 Å².